The third kappa shape index (κ3) is 3.28. The van der Waals surface area contributed by atoms with Crippen LogP contribution in [0.2, 0.25) is 0 Å². The molecule has 0 atom stereocenters. The third-order valence-electron chi connectivity index (χ3n) is 3.36. The first-order valence-corrected chi connectivity index (χ1v) is 8.56. The van der Waals surface area contributed by atoms with Crippen LogP contribution in [-0.2, 0) is 11.3 Å². The zero-order valence-corrected chi connectivity index (χ0v) is 15.0. The predicted molar refractivity (Wildman–Crippen MR) is 90.6 cm³/mol. The number of anilines is 1. The van der Waals surface area contributed by atoms with E-state index in [1.54, 1.807) is 14.0 Å². The Kier molecular flexibility index (Phi) is 4.72. The van der Waals surface area contributed by atoms with E-state index in [1.807, 2.05) is 12.1 Å². The van der Waals surface area contributed by atoms with Gasteiger partial charge in [0.15, 0.2) is 11.5 Å². The molecule has 3 rings (SSSR count). The fourth-order valence-corrected chi connectivity index (χ4v) is 3.38. The highest BCUT2D eigenvalue weighted by molar-refractivity contribution is 9.10. The summed E-state index contributed by atoms with van der Waals surface area (Å²) in [7, 11) is 1.75. The van der Waals surface area contributed by atoms with E-state index in [4.69, 9.17) is 14.2 Å². The monoisotopic (exact) mass is 398 g/mol. The molecule has 1 aliphatic rings. The molecule has 122 valence electrons. The molecule has 0 bridgehead atoms. The largest absolute Gasteiger partial charge is 0.486 e. The quantitative estimate of drug-likeness (QED) is 0.795. The highest BCUT2D eigenvalue weighted by Crippen LogP contribution is 2.36. The normalized spacial score (nSPS) is 12.8. The lowest BCUT2D eigenvalue weighted by atomic mass is 10.2. The van der Waals surface area contributed by atoms with Crippen molar-refractivity contribution in [3.63, 3.8) is 0 Å². The molecule has 0 amide bonds. The number of aryl methyl sites for hydroxylation is 1. The molecule has 6 nitrogen and oxygen atoms in total. The smallest absolute Gasteiger partial charge is 0.343 e. The van der Waals surface area contributed by atoms with E-state index in [1.165, 1.54) is 11.5 Å². The molecule has 1 aliphatic heterocycles. The topological polar surface area (TPSA) is 69.7 Å². The standard InChI is InChI=1S/C15H15BrN2O4S/c1-8-13(14(17-2)23-18-8)15(19)22-7-9-5-11-12(6-10(9)16)21-4-3-20-11/h5-6,17H,3-4,7H2,1-2H3. The van der Waals surface area contributed by atoms with Crippen molar-refractivity contribution in [1.82, 2.24) is 4.37 Å². The van der Waals surface area contributed by atoms with Crippen LogP contribution in [0, 0.1) is 6.92 Å². The van der Waals surface area contributed by atoms with Crippen LogP contribution in [0.5, 0.6) is 11.5 Å². The van der Waals surface area contributed by atoms with E-state index >= 15 is 0 Å². The van der Waals surface area contributed by atoms with Gasteiger partial charge in [-0.15, -0.1) is 0 Å². The summed E-state index contributed by atoms with van der Waals surface area (Å²) in [6.07, 6.45) is 0. The molecule has 0 spiro atoms. The number of fused-ring (bicyclic) bond motifs is 1. The zero-order chi connectivity index (χ0) is 16.4. The van der Waals surface area contributed by atoms with Crippen molar-refractivity contribution < 1.29 is 19.0 Å². The molecule has 1 N–H and O–H groups in total. The van der Waals surface area contributed by atoms with Crippen LogP contribution in [0.15, 0.2) is 16.6 Å². The van der Waals surface area contributed by atoms with Gasteiger partial charge in [-0.1, -0.05) is 15.9 Å². The van der Waals surface area contributed by atoms with E-state index in [-0.39, 0.29) is 6.61 Å². The summed E-state index contributed by atoms with van der Waals surface area (Å²) >= 11 is 4.71. The van der Waals surface area contributed by atoms with Crippen LogP contribution in [0.1, 0.15) is 21.6 Å². The molecular weight excluding hydrogens is 384 g/mol. The molecule has 0 saturated heterocycles. The lowest BCUT2D eigenvalue weighted by Gasteiger charge is -2.19. The molecule has 1 aromatic heterocycles. The maximum atomic E-state index is 12.3. The zero-order valence-electron chi connectivity index (χ0n) is 12.6. The minimum Gasteiger partial charge on any atom is -0.486 e. The number of nitrogens with zero attached hydrogens (tertiary/aromatic N) is 1. The number of carbonyl (C=O) groups excluding carboxylic acids is 1. The molecule has 0 radical (unpaired) electrons. The predicted octanol–water partition coefficient (Wildman–Crippen LogP) is 3.38. The maximum absolute atomic E-state index is 12.3. The Morgan fingerprint density at radius 3 is 2.78 bits per heavy atom. The van der Waals surface area contributed by atoms with Gasteiger partial charge in [-0.25, -0.2) is 4.79 Å². The van der Waals surface area contributed by atoms with E-state index in [2.05, 4.69) is 25.6 Å². The fourth-order valence-electron chi connectivity index (χ4n) is 2.21. The molecular formula is C15H15BrN2O4S. The van der Waals surface area contributed by atoms with Gasteiger partial charge in [-0.2, -0.15) is 4.37 Å². The second kappa shape index (κ2) is 6.76. The Morgan fingerprint density at radius 2 is 2.09 bits per heavy atom. The minimum atomic E-state index is -0.401. The third-order valence-corrected chi connectivity index (χ3v) is 5.06. The molecule has 0 fully saturated rings. The van der Waals surface area contributed by atoms with E-state index in [0.717, 1.165) is 10.0 Å². The lowest BCUT2D eigenvalue weighted by molar-refractivity contribution is 0.0471. The average molecular weight is 399 g/mol. The molecule has 8 heteroatoms. The van der Waals surface area contributed by atoms with Gasteiger partial charge < -0.3 is 19.5 Å². The van der Waals surface area contributed by atoms with Gasteiger partial charge >= 0.3 is 5.97 Å². The number of nitrogens with one attached hydrogen (secondary N) is 1. The average Bonchev–Trinajstić information content (AvgIpc) is 2.93. The summed E-state index contributed by atoms with van der Waals surface area (Å²) in [5.41, 5.74) is 1.95. The Balaban J connectivity index is 1.75. The van der Waals surface area contributed by atoms with Crippen LogP contribution in [0.3, 0.4) is 0 Å². The van der Waals surface area contributed by atoms with Crippen LogP contribution >= 0.6 is 27.5 Å². The molecule has 2 aromatic rings. The number of hydrogen-bond acceptors (Lipinski definition) is 7. The molecule has 23 heavy (non-hydrogen) atoms. The van der Waals surface area contributed by atoms with Crippen molar-refractivity contribution in [2.45, 2.75) is 13.5 Å². The first-order valence-electron chi connectivity index (χ1n) is 6.99. The SMILES string of the molecule is CNc1snc(C)c1C(=O)OCc1cc2c(cc1Br)OCCO2. The summed E-state index contributed by atoms with van der Waals surface area (Å²) < 4.78 is 21.5. The number of carbonyl (C=O) groups is 1. The van der Waals surface area contributed by atoms with Gasteiger partial charge in [-0.3, -0.25) is 0 Å². The van der Waals surface area contributed by atoms with E-state index < -0.39 is 5.97 Å². The molecule has 1 aromatic carbocycles. The molecule has 0 aliphatic carbocycles. The van der Waals surface area contributed by atoms with Gasteiger partial charge in [-0.05, 0) is 30.6 Å². The Labute approximate surface area is 146 Å². The number of ether oxygens (including phenoxy) is 3. The number of halogens is 1. The minimum absolute atomic E-state index is 0.133. The van der Waals surface area contributed by atoms with Crippen LogP contribution in [0.25, 0.3) is 0 Å². The van der Waals surface area contributed by atoms with Crippen molar-refractivity contribution in [3.05, 3.63) is 33.4 Å². The van der Waals surface area contributed by atoms with Crippen molar-refractivity contribution in [2.75, 3.05) is 25.6 Å². The van der Waals surface area contributed by atoms with Crippen molar-refractivity contribution in [3.8, 4) is 11.5 Å². The molecule has 0 saturated carbocycles. The van der Waals surface area contributed by atoms with Crippen molar-refractivity contribution in [2.24, 2.45) is 0 Å². The van der Waals surface area contributed by atoms with E-state index in [0.29, 0.717) is 41.0 Å². The summed E-state index contributed by atoms with van der Waals surface area (Å²) in [5, 5.41) is 3.66. The number of esters is 1. The van der Waals surface area contributed by atoms with Gasteiger partial charge in [0.2, 0.25) is 0 Å². The van der Waals surface area contributed by atoms with Crippen molar-refractivity contribution in [1.29, 1.82) is 0 Å². The summed E-state index contributed by atoms with van der Waals surface area (Å²) in [6.45, 7) is 2.96. The molecule has 0 unspecified atom stereocenters. The highest BCUT2D eigenvalue weighted by atomic mass is 79.9. The number of hydrogen-bond donors (Lipinski definition) is 1. The Morgan fingerprint density at radius 1 is 1.39 bits per heavy atom. The summed E-state index contributed by atoms with van der Waals surface area (Å²) in [5.74, 6) is 0.950. The first-order chi connectivity index (χ1) is 11.1. The van der Waals surface area contributed by atoms with Crippen LogP contribution in [-0.4, -0.2) is 30.6 Å². The molecule has 2 heterocycles. The number of aromatic nitrogens is 1. The lowest BCUT2D eigenvalue weighted by Crippen LogP contribution is -2.16. The Hall–Kier alpha value is -1.80. The van der Waals surface area contributed by atoms with E-state index in [9.17, 15) is 4.79 Å². The van der Waals surface area contributed by atoms with Crippen molar-refractivity contribution >= 4 is 38.4 Å². The van der Waals surface area contributed by atoms with Gasteiger partial charge in [0.25, 0.3) is 0 Å². The Bertz CT molecular complexity index is 747. The number of benzene rings is 1. The number of rotatable bonds is 4. The highest BCUT2D eigenvalue weighted by Gasteiger charge is 2.20. The second-order valence-corrected chi connectivity index (χ2v) is 6.51. The summed E-state index contributed by atoms with van der Waals surface area (Å²) in [4.78, 5) is 12.3. The second-order valence-electron chi connectivity index (χ2n) is 4.89. The van der Waals surface area contributed by atoms with Crippen LogP contribution < -0.4 is 14.8 Å². The fraction of sp³-hybridized carbons (Fsp3) is 0.333. The van der Waals surface area contributed by atoms with Gasteiger partial charge in [0, 0.05) is 17.1 Å². The van der Waals surface area contributed by atoms with Gasteiger partial charge in [0.1, 0.15) is 30.4 Å². The maximum Gasteiger partial charge on any atom is 0.343 e. The van der Waals surface area contributed by atoms with Gasteiger partial charge in [0.05, 0.1) is 5.69 Å². The summed E-state index contributed by atoms with van der Waals surface area (Å²) in [6, 6.07) is 3.65. The first kappa shape index (κ1) is 16.1. The van der Waals surface area contributed by atoms with Crippen LogP contribution in [0.4, 0.5) is 5.00 Å².